The number of carbonyl (C=O) groups is 1. The maximum absolute atomic E-state index is 13.5. The number of nitrogens with one attached hydrogen (secondary N) is 2. The molecule has 1 amide bonds. The topological polar surface area (TPSA) is 50.4 Å². The first kappa shape index (κ1) is 26.3. The highest BCUT2D eigenvalue weighted by Gasteiger charge is 2.39. The molecule has 2 N–H and O–H groups in total. The number of hydrogen-bond donors (Lipinski definition) is 2. The van der Waals surface area contributed by atoms with Crippen molar-refractivity contribution in [1.29, 1.82) is 0 Å². The molecular weight excluding hydrogens is 420 g/mol. The summed E-state index contributed by atoms with van der Waals surface area (Å²) in [5.74, 6) is 1.10. The third-order valence-electron chi connectivity index (χ3n) is 7.04. The fourth-order valence-corrected chi connectivity index (χ4v) is 4.98. The Morgan fingerprint density at radius 3 is 1.91 bits per heavy atom. The average molecular weight is 465 g/mol. The highest BCUT2D eigenvalue weighted by Crippen LogP contribution is 2.40. The Labute approximate surface area is 206 Å². The minimum atomic E-state index is -0.517. The quantitative estimate of drug-likeness (QED) is 0.498. The van der Waals surface area contributed by atoms with Crippen LogP contribution >= 0.6 is 0 Å². The Morgan fingerprint density at radius 1 is 0.853 bits per heavy atom. The van der Waals surface area contributed by atoms with Crippen molar-refractivity contribution >= 4 is 5.91 Å². The van der Waals surface area contributed by atoms with Gasteiger partial charge in [-0.25, -0.2) is 0 Å². The first-order valence-corrected chi connectivity index (χ1v) is 12.8. The van der Waals surface area contributed by atoms with Crippen molar-refractivity contribution in [2.75, 3.05) is 7.11 Å². The summed E-state index contributed by atoms with van der Waals surface area (Å²) in [4.78, 5) is 13.5. The summed E-state index contributed by atoms with van der Waals surface area (Å²) >= 11 is 0. The van der Waals surface area contributed by atoms with E-state index >= 15 is 0 Å². The SMILES string of the molecule is COc1c(C(C)(C)C)cc(CNC2(C(=O)NCc3ccccc3)CCCCC2)cc1C(C)(C)C. The van der Waals surface area contributed by atoms with E-state index in [4.69, 9.17) is 4.74 Å². The second-order valence-electron chi connectivity index (χ2n) is 11.9. The van der Waals surface area contributed by atoms with Gasteiger partial charge in [-0.15, -0.1) is 0 Å². The molecule has 4 nitrogen and oxygen atoms in total. The first-order chi connectivity index (χ1) is 16.0. The summed E-state index contributed by atoms with van der Waals surface area (Å²) in [6, 6.07) is 14.7. The highest BCUT2D eigenvalue weighted by molar-refractivity contribution is 5.86. The van der Waals surface area contributed by atoms with Gasteiger partial charge in [0.25, 0.3) is 0 Å². The third-order valence-corrected chi connectivity index (χ3v) is 7.04. The van der Waals surface area contributed by atoms with Crippen LogP contribution in [0.25, 0.3) is 0 Å². The predicted octanol–water partition coefficient (Wildman–Crippen LogP) is 6.40. The summed E-state index contributed by atoms with van der Waals surface area (Å²) in [7, 11) is 1.77. The van der Waals surface area contributed by atoms with Crippen LogP contribution in [0.5, 0.6) is 5.75 Å². The molecule has 1 aliphatic rings. The molecule has 1 fully saturated rings. The molecule has 0 saturated heterocycles. The van der Waals surface area contributed by atoms with Crippen LogP contribution in [-0.4, -0.2) is 18.6 Å². The lowest BCUT2D eigenvalue weighted by Crippen LogP contribution is -2.57. The number of methoxy groups -OCH3 is 1. The Morgan fingerprint density at radius 2 is 1.41 bits per heavy atom. The van der Waals surface area contributed by atoms with Gasteiger partial charge in [-0.05, 0) is 34.8 Å². The number of benzene rings is 2. The van der Waals surface area contributed by atoms with Gasteiger partial charge < -0.3 is 10.1 Å². The Bertz CT molecular complexity index is 927. The number of rotatable bonds is 7. The van der Waals surface area contributed by atoms with Crippen LogP contribution in [-0.2, 0) is 28.7 Å². The summed E-state index contributed by atoms with van der Waals surface area (Å²) in [6.07, 6.45) is 5.11. The number of carbonyl (C=O) groups excluding carboxylic acids is 1. The van der Waals surface area contributed by atoms with Gasteiger partial charge in [-0.1, -0.05) is 103 Å². The zero-order valence-electron chi connectivity index (χ0n) is 22.3. The molecule has 2 aromatic rings. The van der Waals surface area contributed by atoms with E-state index in [9.17, 15) is 4.79 Å². The summed E-state index contributed by atoms with van der Waals surface area (Å²) in [5, 5.41) is 6.94. The Balaban J connectivity index is 1.87. The molecule has 0 spiro atoms. The van der Waals surface area contributed by atoms with Gasteiger partial charge in [0.1, 0.15) is 5.75 Å². The fraction of sp³-hybridized carbons (Fsp3) is 0.567. The first-order valence-electron chi connectivity index (χ1n) is 12.8. The number of hydrogen-bond acceptors (Lipinski definition) is 3. The molecule has 0 bridgehead atoms. The van der Waals surface area contributed by atoms with E-state index in [-0.39, 0.29) is 16.7 Å². The van der Waals surface area contributed by atoms with Gasteiger partial charge in [0.2, 0.25) is 5.91 Å². The van der Waals surface area contributed by atoms with Crippen molar-refractivity contribution < 1.29 is 9.53 Å². The third kappa shape index (κ3) is 6.21. The van der Waals surface area contributed by atoms with Crippen LogP contribution in [0.3, 0.4) is 0 Å². The standard InChI is InChI=1S/C30H44N2O2/c1-28(2,3)24-18-23(19-25(26(24)34-7)29(4,5)6)21-32-30(16-12-9-13-17-30)27(33)31-20-22-14-10-8-11-15-22/h8,10-11,14-15,18-19,32H,9,12-13,16-17,20-21H2,1-7H3,(H,31,33). The molecule has 2 aromatic carbocycles. The van der Waals surface area contributed by atoms with E-state index in [1.807, 2.05) is 18.2 Å². The molecule has 1 aliphatic carbocycles. The molecule has 0 heterocycles. The Hall–Kier alpha value is -2.33. The summed E-state index contributed by atoms with van der Waals surface area (Å²) in [6.45, 7) is 14.6. The van der Waals surface area contributed by atoms with E-state index in [0.29, 0.717) is 13.1 Å². The van der Waals surface area contributed by atoms with E-state index in [1.165, 1.54) is 23.1 Å². The van der Waals surface area contributed by atoms with Crippen LogP contribution < -0.4 is 15.4 Å². The van der Waals surface area contributed by atoms with Gasteiger partial charge in [-0.3, -0.25) is 10.1 Å². The molecule has 4 heteroatoms. The van der Waals surface area contributed by atoms with Crippen LogP contribution in [0.2, 0.25) is 0 Å². The van der Waals surface area contributed by atoms with Gasteiger partial charge in [-0.2, -0.15) is 0 Å². The zero-order chi connectivity index (χ0) is 25.0. The molecule has 3 rings (SSSR count). The molecule has 0 radical (unpaired) electrons. The lowest BCUT2D eigenvalue weighted by atomic mass is 9.78. The maximum Gasteiger partial charge on any atom is 0.240 e. The maximum atomic E-state index is 13.5. The van der Waals surface area contributed by atoms with Gasteiger partial charge in [0, 0.05) is 24.2 Å². The molecule has 0 aliphatic heterocycles. The molecule has 1 saturated carbocycles. The van der Waals surface area contributed by atoms with Crippen LogP contribution in [0, 0.1) is 0 Å². The normalized spacial score (nSPS) is 16.2. The Kier molecular flexibility index (Phi) is 8.13. The summed E-state index contributed by atoms with van der Waals surface area (Å²) < 4.78 is 5.93. The number of ether oxygens (including phenoxy) is 1. The highest BCUT2D eigenvalue weighted by atomic mass is 16.5. The smallest absolute Gasteiger partial charge is 0.240 e. The molecule has 0 unspecified atom stereocenters. The lowest BCUT2D eigenvalue weighted by Gasteiger charge is -2.37. The van der Waals surface area contributed by atoms with Crippen molar-refractivity contribution in [2.45, 2.75) is 103 Å². The van der Waals surface area contributed by atoms with Gasteiger partial charge in [0.15, 0.2) is 0 Å². The van der Waals surface area contributed by atoms with Crippen LogP contribution in [0.15, 0.2) is 42.5 Å². The van der Waals surface area contributed by atoms with E-state index in [1.54, 1.807) is 7.11 Å². The van der Waals surface area contributed by atoms with Gasteiger partial charge in [0.05, 0.1) is 12.6 Å². The van der Waals surface area contributed by atoms with E-state index in [0.717, 1.165) is 37.0 Å². The van der Waals surface area contributed by atoms with Crippen molar-refractivity contribution in [3.8, 4) is 5.75 Å². The minimum absolute atomic E-state index is 0.0447. The van der Waals surface area contributed by atoms with Crippen molar-refractivity contribution in [1.82, 2.24) is 10.6 Å². The predicted molar refractivity (Wildman–Crippen MR) is 141 cm³/mol. The molecule has 34 heavy (non-hydrogen) atoms. The van der Waals surface area contributed by atoms with Crippen LogP contribution in [0.1, 0.15) is 95.9 Å². The summed E-state index contributed by atoms with van der Waals surface area (Å²) in [5.41, 5.74) is 4.15. The monoisotopic (exact) mass is 464 g/mol. The lowest BCUT2D eigenvalue weighted by molar-refractivity contribution is -0.129. The molecule has 0 atom stereocenters. The number of amides is 1. The second-order valence-corrected chi connectivity index (χ2v) is 11.9. The van der Waals surface area contributed by atoms with Crippen molar-refractivity contribution in [3.63, 3.8) is 0 Å². The molecule has 0 aromatic heterocycles. The fourth-order valence-electron chi connectivity index (χ4n) is 4.98. The second kappa shape index (κ2) is 10.5. The zero-order valence-corrected chi connectivity index (χ0v) is 22.3. The van der Waals surface area contributed by atoms with E-state index < -0.39 is 5.54 Å². The van der Waals surface area contributed by atoms with Crippen molar-refractivity contribution in [3.05, 3.63) is 64.7 Å². The molecular formula is C30H44N2O2. The van der Waals surface area contributed by atoms with Gasteiger partial charge >= 0.3 is 0 Å². The average Bonchev–Trinajstić information content (AvgIpc) is 2.80. The van der Waals surface area contributed by atoms with Crippen molar-refractivity contribution in [2.24, 2.45) is 0 Å². The minimum Gasteiger partial charge on any atom is -0.496 e. The van der Waals surface area contributed by atoms with Crippen LogP contribution in [0.4, 0.5) is 0 Å². The molecule has 186 valence electrons. The van der Waals surface area contributed by atoms with E-state index in [2.05, 4.69) is 76.4 Å². The largest absolute Gasteiger partial charge is 0.496 e.